The van der Waals surface area contributed by atoms with Gasteiger partial charge in [0.1, 0.15) is 4.90 Å². The Labute approximate surface area is 126 Å². The Kier molecular flexibility index (Phi) is 3.87. The Bertz CT molecular complexity index is 809. The number of rotatable bonds is 5. The number of nitrogens with zero attached hydrogens (tertiary/aromatic N) is 2. The third-order valence-electron chi connectivity index (χ3n) is 2.94. The fraction of sp³-hybridized carbons (Fsp3) is 0.0714. The summed E-state index contributed by atoms with van der Waals surface area (Å²) in [5.41, 5.74) is 1.76. The van der Waals surface area contributed by atoms with Crippen LogP contribution >= 0.6 is 11.3 Å². The molecule has 0 radical (unpaired) electrons. The van der Waals surface area contributed by atoms with Gasteiger partial charge in [-0.3, -0.25) is 0 Å². The van der Waals surface area contributed by atoms with Crippen LogP contribution < -0.4 is 4.72 Å². The first-order valence-corrected chi connectivity index (χ1v) is 8.68. The van der Waals surface area contributed by atoms with Crippen LogP contribution in [0.15, 0.2) is 64.4 Å². The maximum atomic E-state index is 12.2. The molecule has 0 saturated carbocycles. The second kappa shape index (κ2) is 5.80. The first-order valence-electron chi connectivity index (χ1n) is 6.26. The molecule has 0 fully saturated rings. The number of hydrogen-bond donors (Lipinski definition) is 1. The summed E-state index contributed by atoms with van der Waals surface area (Å²) >= 11 is 1.54. The van der Waals surface area contributed by atoms with E-state index in [-0.39, 0.29) is 11.4 Å². The highest BCUT2D eigenvalue weighted by Gasteiger charge is 2.16. The van der Waals surface area contributed by atoms with Crippen LogP contribution in [0.25, 0.3) is 5.69 Å². The zero-order chi connectivity index (χ0) is 14.7. The van der Waals surface area contributed by atoms with E-state index in [1.807, 2.05) is 47.2 Å². The average Bonchev–Trinajstić information content (AvgIpc) is 3.18. The lowest BCUT2D eigenvalue weighted by Gasteiger charge is -2.03. The quantitative estimate of drug-likeness (QED) is 0.785. The van der Waals surface area contributed by atoms with Crippen molar-refractivity contribution in [3.05, 3.63) is 65.1 Å². The molecule has 2 aromatic heterocycles. The van der Waals surface area contributed by atoms with E-state index in [0.717, 1.165) is 11.3 Å². The third-order valence-corrected chi connectivity index (χ3v) is 5.02. The molecule has 1 N–H and O–H groups in total. The molecule has 0 aliphatic rings. The van der Waals surface area contributed by atoms with Gasteiger partial charge in [0.25, 0.3) is 0 Å². The van der Waals surface area contributed by atoms with E-state index in [4.69, 9.17) is 0 Å². The third kappa shape index (κ3) is 3.21. The summed E-state index contributed by atoms with van der Waals surface area (Å²) in [4.78, 5) is 0.154. The van der Waals surface area contributed by atoms with Crippen LogP contribution in [0.4, 0.5) is 0 Å². The van der Waals surface area contributed by atoms with E-state index in [1.165, 1.54) is 23.7 Å². The van der Waals surface area contributed by atoms with E-state index < -0.39 is 10.0 Å². The number of hydrogen-bond acceptors (Lipinski definition) is 4. The number of nitrogens with one attached hydrogen (secondary N) is 1. The maximum Gasteiger partial charge on any atom is 0.244 e. The highest BCUT2D eigenvalue weighted by molar-refractivity contribution is 7.89. The average molecular weight is 319 g/mol. The lowest BCUT2D eigenvalue weighted by atomic mass is 10.3. The fourth-order valence-electron chi connectivity index (χ4n) is 1.82. The Morgan fingerprint density at radius 3 is 2.71 bits per heavy atom. The van der Waals surface area contributed by atoms with E-state index in [0.29, 0.717) is 0 Å². The molecule has 0 aliphatic carbocycles. The van der Waals surface area contributed by atoms with Gasteiger partial charge in [-0.25, -0.2) is 17.8 Å². The second-order valence-electron chi connectivity index (χ2n) is 4.41. The minimum absolute atomic E-state index is 0.154. The Morgan fingerprint density at radius 1 is 1.19 bits per heavy atom. The molecule has 21 heavy (non-hydrogen) atoms. The number of para-hydroxylation sites is 1. The molecule has 3 rings (SSSR count). The summed E-state index contributed by atoms with van der Waals surface area (Å²) in [6.07, 6.45) is 2.86. The monoisotopic (exact) mass is 319 g/mol. The SMILES string of the molecule is O=S(=O)(NCc1ccsc1)c1cnn(-c2ccccc2)c1. The van der Waals surface area contributed by atoms with Crippen LogP contribution in [-0.2, 0) is 16.6 Å². The molecule has 108 valence electrons. The molecule has 0 bridgehead atoms. The van der Waals surface area contributed by atoms with Crippen molar-refractivity contribution in [2.45, 2.75) is 11.4 Å². The predicted molar refractivity (Wildman–Crippen MR) is 81.9 cm³/mol. The molecule has 0 aliphatic heterocycles. The fourth-order valence-corrected chi connectivity index (χ4v) is 3.44. The van der Waals surface area contributed by atoms with Crippen molar-refractivity contribution in [3.8, 4) is 5.69 Å². The number of thiophene rings is 1. The summed E-state index contributed by atoms with van der Waals surface area (Å²) in [6, 6.07) is 11.3. The highest BCUT2D eigenvalue weighted by atomic mass is 32.2. The lowest BCUT2D eigenvalue weighted by Crippen LogP contribution is -2.22. The van der Waals surface area contributed by atoms with Gasteiger partial charge in [-0.15, -0.1) is 0 Å². The number of benzene rings is 1. The molecule has 0 unspecified atom stereocenters. The summed E-state index contributed by atoms with van der Waals surface area (Å²) in [5.74, 6) is 0. The van der Waals surface area contributed by atoms with Crippen LogP contribution in [0.5, 0.6) is 0 Å². The van der Waals surface area contributed by atoms with Crippen LogP contribution in [-0.4, -0.2) is 18.2 Å². The lowest BCUT2D eigenvalue weighted by molar-refractivity contribution is 0.581. The second-order valence-corrected chi connectivity index (χ2v) is 6.96. The van der Waals surface area contributed by atoms with Crippen molar-refractivity contribution in [1.29, 1.82) is 0 Å². The molecular formula is C14H13N3O2S2. The molecule has 1 aromatic carbocycles. The van der Waals surface area contributed by atoms with Gasteiger partial charge in [0, 0.05) is 6.54 Å². The topological polar surface area (TPSA) is 64.0 Å². The van der Waals surface area contributed by atoms with Crippen molar-refractivity contribution in [1.82, 2.24) is 14.5 Å². The minimum Gasteiger partial charge on any atom is -0.240 e. The summed E-state index contributed by atoms with van der Waals surface area (Å²) < 4.78 is 28.5. The zero-order valence-corrected chi connectivity index (χ0v) is 12.6. The summed E-state index contributed by atoms with van der Waals surface area (Å²) in [7, 11) is -3.55. The van der Waals surface area contributed by atoms with Crippen molar-refractivity contribution in [2.24, 2.45) is 0 Å². The van der Waals surface area contributed by atoms with Gasteiger partial charge in [-0.05, 0) is 34.5 Å². The number of aromatic nitrogens is 2. The molecule has 5 nitrogen and oxygen atoms in total. The van der Waals surface area contributed by atoms with Gasteiger partial charge >= 0.3 is 0 Å². The van der Waals surface area contributed by atoms with Crippen LogP contribution in [0.1, 0.15) is 5.56 Å². The molecule has 3 aromatic rings. The molecule has 0 amide bonds. The maximum absolute atomic E-state index is 12.2. The summed E-state index contributed by atoms with van der Waals surface area (Å²) in [5, 5.41) is 7.92. The first kappa shape index (κ1) is 14.0. The van der Waals surface area contributed by atoms with E-state index in [9.17, 15) is 8.42 Å². The largest absolute Gasteiger partial charge is 0.244 e. The van der Waals surface area contributed by atoms with E-state index in [2.05, 4.69) is 9.82 Å². The number of sulfonamides is 1. The van der Waals surface area contributed by atoms with E-state index >= 15 is 0 Å². The van der Waals surface area contributed by atoms with Gasteiger partial charge in [-0.1, -0.05) is 18.2 Å². The zero-order valence-electron chi connectivity index (χ0n) is 11.0. The van der Waals surface area contributed by atoms with Crippen molar-refractivity contribution in [3.63, 3.8) is 0 Å². The van der Waals surface area contributed by atoms with Crippen LogP contribution in [0, 0.1) is 0 Å². The highest BCUT2D eigenvalue weighted by Crippen LogP contribution is 2.13. The predicted octanol–water partition coefficient (Wildman–Crippen LogP) is 2.41. The molecule has 0 saturated heterocycles. The van der Waals surface area contributed by atoms with Gasteiger partial charge in [0.15, 0.2) is 0 Å². The molecule has 7 heteroatoms. The molecule has 0 atom stereocenters. The van der Waals surface area contributed by atoms with E-state index in [1.54, 1.807) is 4.68 Å². The Balaban J connectivity index is 1.78. The minimum atomic E-state index is -3.55. The first-order chi connectivity index (χ1) is 10.1. The van der Waals surface area contributed by atoms with Gasteiger partial charge in [-0.2, -0.15) is 16.4 Å². The standard InChI is InChI=1S/C14H13N3O2S2/c18-21(19,16-8-12-6-7-20-11-12)14-9-15-17(10-14)13-4-2-1-3-5-13/h1-7,9-11,16H,8H2. The van der Waals surface area contributed by atoms with Crippen molar-refractivity contribution in [2.75, 3.05) is 0 Å². The van der Waals surface area contributed by atoms with Crippen molar-refractivity contribution < 1.29 is 8.42 Å². The Morgan fingerprint density at radius 2 is 2.00 bits per heavy atom. The molecule has 2 heterocycles. The Hall–Kier alpha value is -1.96. The van der Waals surface area contributed by atoms with Crippen LogP contribution in [0.2, 0.25) is 0 Å². The molecular weight excluding hydrogens is 306 g/mol. The normalized spacial score (nSPS) is 11.6. The van der Waals surface area contributed by atoms with Gasteiger partial charge < -0.3 is 0 Å². The molecule has 0 spiro atoms. The van der Waals surface area contributed by atoms with Gasteiger partial charge in [0.05, 0.1) is 18.1 Å². The summed E-state index contributed by atoms with van der Waals surface area (Å²) in [6.45, 7) is 0.280. The van der Waals surface area contributed by atoms with Gasteiger partial charge in [0.2, 0.25) is 10.0 Å². The smallest absolute Gasteiger partial charge is 0.240 e. The van der Waals surface area contributed by atoms with Crippen molar-refractivity contribution >= 4 is 21.4 Å². The van der Waals surface area contributed by atoms with Crippen LogP contribution in [0.3, 0.4) is 0 Å².